The van der Waals surface area contributed by atoms with Crippen LogP contribution in [-0.2, 0) is 11.3 Å². The van der Waals surface area contributed by atoms with E-state index in [0.29, 0.717) is 11.6 Å². The number of hydrogen-bond donors (Lipinski definition) is 2. The number of rotatable bonds is 5. The van der Waals surface area contributed by atoms with Gasteiger partial charge in [0, 0.05) is 30.9 Å². The molecule has 0 saturated heterocycles. The molecule has 0 aliphatic heterocycles. The van der Waals surface area contributed by atoms with Crippen LogP contribution in [0.5, 0.6) is 0 Å². The summed E-state index contributed by atoms with van der Waals surface area (Å²) in [4.78, 5) is 14.3. The molecule has 1 aromatic carbocycles. The minimum absolute atomic E-state index is 0.0635. The largest absolute Gasteiger partial charge is 0.378 e. The minimum Gasteiger partial charge on any atom is -0.378 e. The summed E-state index contributed by atoms with van der Waals surface area (Å²) in [5, 5.41) is 8.87. The molecule has 0 radical (unpaired) electrons. The summed E-state index contributed by atoms with van der Waals surface area (Å²) in [5.74, 6) is -0.0635. The highest BCUT2D eigenvalue weighted by Gasteiger charge is 2.09. The number of nitrogens with zero attached hydrogens (tertiary/aromatic N) is 1. The standard InChI is InChI=1S/C15H18ClN3OS/c1-10(20)18-12-6-7-21-15(12)9-17-13-8-11(16)4-5-14(13)19(2)3/h4-8,17H,9H2,1-3H3,(H,18,20). The maximum absolute atomic E-state index is 11.2. The van der Waals surface area contributed by atoms with Crippen molar-refractivity contribution in [2.24, 2.45) is 0 Å². The third-order valence-electron chi connectivity index (χ3n) is 2.94. The van der Waals surface area contributed by atoms with Crippen LogP contribution in [0.1, 0.15) is 11.8 Å². The molecule has 21 heavy (non-hydrogen) atoms. The molecular formula is C15H18ClN3OS. The molecule has 0 fully saturated rings. The number of anilines is 3. The van der Waals surface area contributed by atoms with Gasteiger partial charge >= 0.3 is 0 Å². The summed E-state index contributed by atoms with van der Waals surface area (Å²) >= 11 is 7.67. The molecule has 0 unspecified atom stereocenters. The van der Waals surface area contributed by atoms with Crippen LogP contribution in [0.4, 0.5) is 17.1 Å². The topological polar surface area (TPSA) is 44.4 Å². The van der Waals surface area contributed by atoms with Gasteiger partial charge in [0.15, 0.2) is 0 Å². The van der Waals surface area contributed by atoms with E-state index < -0.39 is 0 Å². The van der Waals surface area contributed by atoms with E-state index in [1.807, 2.05) is 48.6 Å². The smallest absolute Gasteiger partial charge is 0.221 e. The Hall–Kier alpha value is -1.72. The number of carbonyl (C=O) groups excluding carboxylic acids is 1. The van der Waals surface area contributed by atoms with Crippen LogP contribution in [0.3, 0.4) is 0 Å². The summed E-state index contributed by atoms with van der Waals surface area (Å²) in [5.41, 5.74) is 2.89. The van der Waals surface area contributed by atoms with Crippen molar-refractivity contribution in [2.75, 3.05) is 29.6 Å². The molecule has 2 rings (SSSR count). The van der Waals surface area contributed by atoms with Crippen molar-refractivity contribution in [3.63, 3.8) is 0 Å². The molecule has 0 bridgehead atoms. The molecule has 1 aromatic heterocycles. The summed E-state index contributed by atoms with van der Waals surface area (Å²) in [6, 6.07) is 7.67. The van der Waals surface area contributed by atoms with Crippen molar-refractivity contribution < 1.29 is 4.79 Å². The zero-order chi connectivity index (χ0) is 15.4. The van der Waals surface area contributed by atoms with Gasteiger partial charge in [-0.2, -0.15) is 0 Å². The van der Waals surface area contributed by atoms with Gasteiger partial charge in [0.2, 0.25) is 5.91 Å². The number of amides is 1. The van der Waals surface area contributed by atoms with Crippen LogP contribution < -0.4 is 15.5 Å². The Morgan fingerprint density at radius 2 is 2.05 bits per heavy atom. The Bertz CT molecular complexity index is 640. The van der Waals surface area contributed by atoms with Gasteiger partial charge in [0.25, 0.3) is 0 Å². The fraction of sp³-hybridized carbons (Fsp3) is 0.267. The molecule has 6 heteroatoms. The monoisotopic (exact) mass is 323 g/mol. The molecule has 0 aliphatic rings. The number of nitrogens with one attached hydrogen (secondary N) is 2. The summed E-state index contributed by atoms with van der Waals surface area (Å²) in [6.45, 7) is 2.14. The lowest BCUT2D eigenvalue weighted by molar-refractivity contribution is -0.114. The maximum atomic E-state index is 11.2. The molecule has 2 aromatic rings. The molecule has 4 nitrogen and oxygen atoms in total. The Morgan fingerprint density at radius 3 is 2.71 bits per heavy atom. The van der Waals surface area contributed by atoms with Crippen LogP contribution in [0, 0.1) is 0 Å². The number of carbonyl (C=O) groups is 1. The first kappa shape index (κ1) is 15.7. The second-order valence-corrected chi connectivity index (χ2v) is 6.29. The van der Waals surface area contributed by atoms with Crippen molar-refractivity contribution in [3.8, 4) is 0 Å². The van der Waals surface area contributed by atoms with E-state index in [1.54, 1.807) is 11.3 Å². The Balaban J connectivity index is 2.15. The first-order valence-electron chi connectivity index (χ1n) is 6.52. The van der Waals surface area contributed by atoms with Crippen LogP contribution >= 0.6 is 22.9 Å². The van der Waals surface area contributed by atoms with Gasteiger partial charge in [-0.15, -0.1) is 11.3 Å². The van der Waals surface area contributed by atoms with E-state index in [4.69, 9.17) is 11.6 Å². The zero-order valence-electron chi connectivity index (χ0n) is 12.2. The molecule has 1 amide bonds. The van der Waals surface area contributed by atoms with Crippen molar-refractivity contribution in [3.05, 3.63) is 39.5 Å². The fourth-order valence-electron chi connectivity index (χ4n) is 1.99. The molecule has 0 spiro atoms. The molecule has 0 atom stereocenters. The lowest BCUT2D eigenvalue weighted by Crippen LogP contribution is -2.12. The lowest BCUT2D eigenvalue weighted by atomic mass is 10.2. The third kappa shape index (κ3) is 4.12. The van der Waals surface area contributed by atoms with Crippen molar-refractivity contribution in [1.82, 2.24) is 0 Å². The summed E-state index contributed by atoms with van der Waals surface area (Å²) < 4.78 is 0. The van der Waals surface area contributed by atoms with Crippen LogP contribution in [-0.4, -0.2) is 20.0 Å². The van der Waals surface area contributed by atoms with E-state index in [0.717, 1.165) is 21.9 Å². The van der Waals surface area contributed by atoms with Crippen molar-refractivity contribution in [2.45, 2.75) is 13.5 Å². The Morgan fingerprint density at radius 1 is 1.29 bits per heavy atom. The number of thiophene rings is 1. The Labute approximate surface area is 133 Å². The normalized spacial score (nSPS) is 10.3. The third-order valence-corrected chi connectivity index (χ3v) is 4.09. The van der Waals surface area contributed by atoms with Gasteiger partial charge in [-0.25, -0.2) is 0 Å². The number of benzene rings is 1. The lowest BCUT2D eigenvalue weighted by Gasteiger charge is -2.19. The zero-order valence-corrected chi connectivity index (χ0v) is 13.8. The predicted molar refractivity (Wildman–Crippen MR) is 91.7 cm³/mol. The molecule has 0 saturated carbocycles. The van der Waals surface area contributed by atoms with Gasteiger partial charge in [-0.05, 0) is 29.6 Å². The first-order chi connectivity index (χ1) is 9.97. The molecule has 1 heterocycles. The minimum atomic E-state index is -0.0635. The second-order valence-electron chi connectivity index (χ2n) is 4.85. The van der Waals surface area contributed by atoms with Gasteiger partial charge in [0.05, 0.1) is 23.6 Å². The van der Waals surface area contributed by atoms with Crippen LogP contribution in [0.2, 0.25) is 5.02 Å². The van der Waals surface area contributed by atoms with Gasteiger partial charge in [0.1, 0.15) is 0 Å². The van der Waals surface area contributed by atoms with Crippen molar-refractivity contribution in [1.29, 1.82) is 0 Å². The summed E-state index contributed by atoms with van der Waals surface area (Å²) in [7, 11) is 3.98. The first-order valence-corrected chi connectivity index (χ1v) is 7.78. The highest BCUT2D eigenvalue weighted by atomic mass is 35.5. The predicted octanol–water partition coefficient (Wildman–Crippen LogP) is 4.04. The van der Waals surface area contributed by atoms with Gasteiger partial charge < -0.3 is 15.5 Å². The van der Waals surface area contributed by atoms with Crippen LogP contribution in [0.15, 0.2) is 29.6 Å². The van der Waals surface area contributed by atoms with Gasteiger partial charge in [-0.1, -0.05) is 11.6 Å². The SMILES string of the molecule is CC(=O)Nc1ccsc1CNc1cc(Cl)ccc1N(C)C. The van der Waals surface area contributed by atoms with Crippen molar-refractivity contribution >= 4 is 45.9 Å². The fourth-order valence-corrected chi connectivity index (χ4v) is 2.94. The highest BCUT2D eigenvalue weighted by Crippen LogP contribution is 2.30. The molecular weight excluding hydrogens is 306 g/mol. The van der Waals surface area contributed by atoms with E-state index in [2.05, 4.69) is 10.6 Å². The number of hydrogen-bond acceptors (Lipinski definition) is 4. The molecule has 2 N–H and O–H groups in total. The summed E-state index contributed by atoms with van der Waals surface area (Å²) in [6.07, 6.45) is 0. The molecule has 0 aliphatic carbocycles. The highest BCUT2D eigenvalue weighted by molar-refractivity contribution is 7.10. The van der Waals surface area contributed by atoms with E-state index in [-0.39, 0.29) is 5.91 Å². The van der Waals surface area contributed by atoms with Crippen LogP contribution in [0.25, 0.3) is 0 Å². The van der Waals surface area contributed by atoms with Gasteiger partial charge in [-0.3, -0.25) is 4.79 Å². The second kappa shape index (κ2) is 6.83. The number of halogens is 1. The Kier molecular flexibility index (Phi) is 5.09. The average Bonchev–Trinajstić information content (AvgIpc) is 2.82. The quantitative estimate of drug-likeness (QED) is 0.873. The maximum Gasteiger partial charge on any atom is 0.221 e. The average molecular weight is 324 g/mol. The van der Waals surface area contributed by atoms with E-state index in [9.17, 15) is 4.79 Å². The van der Waals surface area contributed by atoms with E-state index >= 15 is 0 Å². The van der Waals surface area contributed by atoms with E-state index in [1.165, 1.54) is 6.92 Å². The molecule has 112 valence electrons.